The second kappa shape index (κ2) is 9.34. The van der Waals surface area contributed by atoms with Gasteiger partial charge in [-0.25, -0.2) is 9.18 Å². The molecule has 4 aliphatic rings. The average molecular weight is 483 g/mol. The fraction of sp³-hybridized carbons (Fsp3) is 0.536. The van der Waals surface area contributed by atoms with Crippen molar-refractivity contribution in [2.24, 2.45) is 11.3 Å². The zero-order valence-corrected chi connectivity index (χ0v) is 21.0. The molecule has 35 heavy (non-hydrogen) atoms. The molecule has 0 radical (unpaired) electrons. The first kappa shape index (κ1) is 23.9. The second-order valence-corrected chi connectivity index (χ2v) is 10.7. The smallest absolute Gasteiger partial charge is 0.407 e. The van der Waals surface area contributed by atoms with Crippen LogP contribution in [0.3, 0.4) is 0 Å². The average Bonchev–Trinajstić information content (AvgIpc) is 3.08. The molecule has 6 rings (SSSR count). The summed E-state index contributed by atoms with van der Waals surface area (Å²) in [4.78, 5) is 15.4. The van der Waals surface area contributed by atoms with Crippen molar-refractivity contribution in [3.63, 3.8) is 0 Å². The summed E-state index contributed by atoms with van der Waals surface area (Å²) in [7, 11) is 1.52. The third-order valence-electron chi connectivity index (χ3n) is 7.86. The Balaban J connectivity index is 1.42. The first-order valence-electron chi connectivity index (χ1n) is 12.6. The van der Waals surface area contributed by atoms with Gasteiger partial charge in [0.15, 0.2) is 0 Å². The molecule has 1 N–H and O–H groups in total. The molecule has 2 bridgehead atoms. The van der Waals surface area contributed by atoms with Gasteiger partial charge in [-0.15, -0.1) is 0 Å². The van der Waals surface area contributed by atoms with Crippen molar-refractivity contribution in [1.29, 1.82) is 0 Å². The van der Waals surface area contributed by atoms with Crippen LogP contribution in [0.5, 0.6) is 11.5 Å². The number of hydrogen-bond donors (Lipinski definition) is 1. The maximum atomic E-state index is 15.0. The van der Waals surface area contributed by atoms with E-state index >= 15 is 0 Å². The minimum Gasteiger partial charge on any atom is -0.497 e. The van der Waals surface area contributed by atoms with Crippen molar-refractivity contribution < 1.29 is 23.4 Å². The lowest BCUT2D eigenvalue weighted by Gasteiger charge is -2.44. The Kier molecular flexibility index (Phi) is 6.38. The number of nitrogens with one attached hydrogen (secondary N) is 1. The number of amides is 1. The van der Waals surface area contributed by atoms with E-state index in [4.69, 9.17) is 14.2 Å². The van der Waals surface area contributed by atoms with E-state index in [9.17, 15) is 9.18 Å². The summed E-state index contributed by atoms with van der Waals surface area (Å²) in [6.07, 6.45) is 2.54. The third-order valence-corrected chi connectivity index (χ3v) is 7.86. The van der Waals surface area contributed by atoms with E-state index in [-0.39, 0.29) is 29.5 Å². The number of nitrogens with zero attached hydrogens (tertiary/aromatic N) is 1. The van der Waals surface area contributed by atoms with Crippen molar-refractivity contribution in [3.8, 4) is 22.6 Å². The number of alkyl carbamates (subject to hydrolysis) is 1. The standard InChI is InChI=1S/C28H35FN2O4/c1-5-34-24-14-21-18(12-22(24)20-7-6-19(33-4)13-23(20)29)15-28(2,3)26(21)30-27(32)35-25-16-31-10-8-17(25)9-11-31/h6-7,12-14,17,25-26H,5,8-11,15-16H2,1-4H3,(H,30,32)/t25-,26-/m0/s1. The third kappa shape index (κ3) is 4.58. The van der Waals surface area contributed by atoms with Gasteiger partial charge in [-0.3, -0.25) is 4.90 Å². The Morgan fingerprint density at radius 1 is 1.17 bits per heavy atom. The zero-order chi connectivity index (χ0) is 24.7. The number of piperidine rings is 3. The van der Waals surface area contributed by atoms with E-state index in [1.54, 1.807) is 12.1 Å². The molecule has 3 aliphatic heterocycles. The molecule has 3 fully saturated rings. The van der Waals surface area contributed by atoms with Crippen LogP contribution in [0.1, 0.15) is 50.8 Å². The molecule has 7 heteroatoms. The Morgan fingerprint density at radius 2 is 1.94 bits per heavy atom. The highest BCUT2D eigenvalue weighted by atomic mass is 19.1. The number of fused-ring (bicyclic) bond motifs is 4. The van der Waals surface area contributed by atoms with Crippen LogP contribution >= 0.6 is 0 Å². The van der Waals surface area contributed by atoms with Crippen LogP contribution in [0, 0.1) is 17.2 Å². The van der Waals surface area contributed by atoms with E-state index in [0.717, 1.165) is 50.0 Å². The zero-order valence-electron chi connectivity index (χ0n) is 21.0. The number of carbonyl (C=O) groups excluding carboxylic acids is 1. The summed E-state index contributed by atoms with van der Waals surface area (Å²) in [6, 6.07) is 8.61. The van der Waals surface area contributed by atoms with Crippen molar-refractivity contribution in [2.45, 2.75) is 52.2 Å². The largest absolute Gasteiger partial charge is 0.497 e. The molecule has 1 amide bonds. The van der Waals surface area contributed by atoms with Gasteiger partial charge in [0.25, 0.3) is 0 Å². The van der Waals surface area contributed by atoms with Gasteiger partial charge in [-0.05, 0) is 86.0 Å². The number of carbonyl (C=O) groups is 1. The fourth-order valence-corrected chi connectivity index (χ4v) is 6.01. The maximum absolute atomic E-state index is 15.0. The lowest BCUT2D eigenvalue weighted by atomic mass is 9.85. The van der Waals surface area contributed by atoms with Crippen LogP contribution in [-0.4, -0.2) is 50.4 Å². The predicted octanol–water partition coefficient (Wildman–Crippen LogP) is 5.34. The summed E-state index contributed by atoms with van der Waals surface area (Å²) in [5.41, 5.74) is 3.03. The predicted molar refractivity (Wildman–Crippen MR) is 132 cm³/mol. The van der Waals surface area contributed by atoms with Gasteiger partial charge in [0, 0.05) is 23.7 Å². The van der Waals surface area contributed by atoms with E-state index in [2.05, 4.69) is 24.1 Å². The molecule has 0 saturated carbocycles. The normalized spacial score (nSPS) is 26.2. The number of halogens is 1. The second-order valence-electron chi connectivity index (χ2n) is 10.7. The Labute approximate surface area is 206 Å². The lowest BCUT2D eigenvalue weighted by Crippen LogP contribution is -2.53. The van der Waals surface area contributed by atoms with Gasteiger partial charge >= 0.3 is 6.09 Å². The summed E-state index contributed by atoms with van der Waals surface area (Å²) < 4.78 is 32.0. The van der Waals surface area contributed by atoms with Crippen molar-refractivity contribution in [3.05, 3.63) is 47.3 Å². The van der Waals surface area contributed by atoms with Crippen LogP contribution in [0.2, 0.25) is 0 Å². The summed E-state index contributed by atoms with van der Waals surface area (Å²) in [5.74, 6) is 1.17. The van der Waals surface area contributed by atoms with Crippen LogP contribution in [0.4, 0.5) is 9.18 Å². The molecule has 0 aromatic heterocycles. The molecule has 188 valence electrons. The van der Waals surface area contributed by atoms with Crippen LogP contribution in [-0.2, 0) is 11.2 Å². The van der Waals surface area contributed by atoms with Crippen molar-refractivity contribution >= 4 is 6.09 Å². The number of rotatable bonds is 6. The molecule has 0 spiro atoms. The molecule has 2 aromatic rings. The summed E-state index contributed by atoms with van der Waals surface area (Å²) in [6.45, 7) is 9.67. The quantitative estimate of drug-likeness (QED) is 0.602. The van der Waals surface area contributed by atoms with E-state index in [1.165, 1.54) is 13.2 Å². The van der Waals surface area contributed by atoms with Gasteiger partial charge in [0.2, 0.25) is 0 Å². The van der Waals surface area contributed by atoms with Gasteiger partial charge in [-0.1, -0.05) is 13.8 Å². The number of benzene rings is 2. The van der Waals surface area contributed by atoms with E-state index < -0.39 is 0 Å². The van der Waals surface area contributed by atoms with Crippen molar-refractivity contribution in [1.82, 2.24) is 10.2 Å². The Hall–Kier alpha value is -2.80. The topological polar surface area (TPSA) is 60.0 Å². The van der Waals surface area contributed by atoms with Gasteiger partial charge in [-0.2, -0.15) is 0 Å². The molecule has 2 aromatic carbocycles. The van der Waals surface area contributed by atoms with Crippen LogP contribution in [0.15, 0.2) is 30.3 Å². The maximum Gasteiger partial charge on any atom is 0.407 e. The van der Waals surface area contributed by atoms with Gasteiger partial charge in [0.1, 0.15) is 23.4 Å². The fourth-order valence-electron chi connectivity index (χ4n) is 6.01. The number of hydrogen-bond acceptors (Lipinski definition) is 5. The Bertz CT molecular complexity index is 1110. The highest BCUT2D eigenvalue weighted by Gasteiger charge is 2.42. The molecular formula is C28H35FN2O4. The van der Waals surface area contributed by atoms with Gasteiger partial charge < -0.3 is 19.5 Å². The lowest BCUT2D eigenvalue weighted by molar-refractivity contribution is -0.0349. The molecular weight excluding hydrogens is 447 g/mol. The summed E-state index contributed by atoms with van der Waals surface area (Å²) in [5, 5.41) is 3.16. The minimum absolute atomic E-state index is 0.0408. The highest BCUT2D eigenvalue weighted by molar-refractivity contribution is 5.75. The molecule has 2 atom stereocenters. The SMILES string of the molecule is CCOc1cc2c(cc1-c1ccc(OC)cc1F)CC(C)(C)[C@H]2NC(=O)O[C@H]1CN2CCC1CC2. The highest BCUT2D eigenvalue weighted by Crippen LogP contribution is 2.49. The first-order valence-corrected chi connectivity index (χ1v) is 12.6. The van der Waals surface area contributed by atoms with Crippen molar-refractivity contribution in [2.75, 3.05) is 33.4 Å². The molecule has 0 unspecified atom stereocenters. The van der Waals surface area contributed by atoms with Gasteiger partial charge in [0.05, 0.1) is 19.8 Å². The van der Waals surface area contributed by atoms with E-state index in [0.29, 0.717) is 35.2 Å². The van der Waals surface area contributed by atoms with Crippen LogP contribution in [0.25, 0.3) is 11.1 Å². The monoisotopic (exact) mass is 482 g/mol. The van der Waals surface area contributed by atoms with Crippen LogP contribution < -0.4 is 14.8 Å². The molecule has 6 nitrogen and oxygen atoms in total. The molecule has 3 saturated heterocycles. The first-order chi connectivity index (χ1) is 16.8. The molecule has 1 aliphatic carbocycles. The Morgan fingerprint density at radius 3 is 2.57 bits per heavy atom. The molecule has 3 heterocycles. The number of methoxy groups -OCH3 is 1. The summed E-state index contributed by atoms with van der Waals surface area (Å²) >= 11 is 0. The number of ether oxygens (including phenoxy) is 3. The minimum atomic E-state index is -0.363. The van der Waals surface area contributed by atoms with E-state index in [1.807, 2.05) is 19.1 Å².